The molecular weight excluding hydrogens is 260 g/mol. The maximum atomic E-state index is 11.5. The number of halogens is 1. The molecule has 0 radical (unpaired) electrons. The van der Waals surface area contributed by atoms with Crippen molar-refractivity contribution in [3.63, 3.8) is 0 Å². The summed E-state index contributed by atoms with van der Waals surface area (Å²) in [6.45, 7) is 2.29. The van der Waals surface area contributed by atoms with Gasteiger partial charge in [-0.25, -0.2) is 4.68 Å². The average molecular weight is 271 g/mol. The number of aromatic nitrogens is 2. The van der Waals surface area contributed by atoms with E-state index >= 15 is 0 Å². The standard InChI is InChI=1S/C9H11BrN4O/c1-6(3-11)4-12-7-5-13-14(2)9(15)8(7)10/h5-6,12H,4H2,1-2H3. The van der Waals surface area contributed by atoms with Crippen molar-refractivity contribution in [2.45, 2.75) is 6.92 Å². The maximum absolute atomic E-state index is 11.5. The molecule has 1 atom stereocenters. The quantitative estimate of drug-likeness (QED) is 0.894. The number of nitriles is 1. The van der Waals surface area contributed by atoms with E-state index < -0.39 is 0 Å². The van der Waals surface area contributed by atoms with Crippen LogP contribution in [-0.4, -0.2) is 16.3 Å². The number of anilines is 1. The number of rotatable bonds is 3. The fourth-order valence-corrected chi connectivity index (χ4v) is 1.44. The molecule has 1 heterocycles. The summed E-state index contributed by atoms with van der Waals surface area (Å²) in [5.74, 6) is -0.110. The summed E-state index contributed by atoms with van der Waals surface area (Å²) in [4.78, 5) is 11.5. The van der Waals surface area contributed by atoms with E-state index in [1.807, 2.05) is 0 Å². The minimum atomic E-state index is -0.204. The Bertz CT molecular complexity index is 448. The Hall–Kier alpha value is -1.35. The van der Waals surface area contributed by atoms with Crippen LogP contribution in [0.2, 0.25) is 0 Å². The predicted octanol–water partition coefficient (Wildman–Crippen LogP) is 1.11. The van der Waals surface area contributed by atoms with Crippen molar-refractivity contribution in [1.82, 2.24) is 9.78 Å². The Kier molecular flexibility index (Phi) is 3.86. The van der Waals surface area contributed by atoms with Gasteiger partial charge in [-0.15, -0.1) is 0 Å². The highest BCUT2D eigenvalue weighted by atomic mass is 79.9. The second-order valence-corrected chi connectivity index (χ2v) is 4.01. The summed E-state index contributed by atoms with van der Waals surface area (Å²) in [5.41, 5.74) is 0.407. The highest BCUT2D eigenvalue weighted by Crippen LogP contribution is 2.15. The molecule has 1 unspecified atom stereocenters. The van der Waals surface area contributed by atoms with Crippen LogP contribution in [0.25, 0.3) is 0 Å². The average Bonchev–Trinajstić information content (AvgIpc) is 2.24. The topological polar surface area (TPSA) is 70.7 Å². The van der Waals surface area contributed by atoms with Crippen LogP contribution in [0.4, 0.5) is 5.69 Å². The normalized spacial score (nSPS) is 11.9. The highest BCUT2D eigenvalue weighted by Gasteiger charge is 2.07. The van der Waals surface area contributed by atoms with Crippen molar-refractivity contribution in [3.8, 4) is 6.07 Å². The van der Waals surface area contributed by atoms with Crippen molar-refractivity contribution in [1.29, 1.82) is 5.26 Å². The summed E-state index contributed by atoms with van der Waals surface area (Å²) in [5, 5.41) is 15.5. The Morgan fingerprint density at radius 1 is 1.80 bits per heavy atom. The van der Waals surface area contributed by atoms with Crippen molar-refractivity contribution in [2.75, 3.05) is 11.9 Å². The molecule has 1 N–H and O–H groups in total. The van der Waals surface area contributed by atoms with Crippen LogP contribution in [0.3, 0.4) is 0 Å². The third kappa shape index (κ3) is 2.80. The Labute approximate surface area is 95.8 Å². The lowest BCUT2D eigenvalue weighted by Gasteiger charge is -2.09. The Balaban J connectivity index is 2.85. The third-order valence-corrected chi connectivity index (χ3v) is 2.66. The van der Waals surface area contributed by atoms with Gasteiger partial charge in [-0.3, -0.25) is 4.79 Å². The molecule has 6 heteroatoms. The second kappa shape index (κ2) is 4.94. The summed E-state index contributed by atoms with van der Waals surface area (Å²) in [6.07, 6.45) is 1.55. The largest absolute Gasteiger partial charge is 0.381 e. The van der Waals surface area contributed by atoms with Crippen LogP contribution in [0.1, 0.15) is 6.92 Å². The van der Waals surface area contributed by atoms with Gasteiger partial charge in [-0.2, -0.15) is 10.4 Å². The zero-order valence-corrected chi connectivity index (χ0v) is 10.1. The van der Waals surface area contributed by atoms with Crippen LogP contribution < -0.4 is 10.9 Å². The first-order valence-electron chi connectivity index (χ1n) is 4.41. The molecule has 0 saturated heterocycles. The van der Waals surface area contributed by atoms with E-state index in [2.05, 4.69) is 32.4 Å². The van der Waals surface area contributed by atoms with Gasteiger partial charge in [0.2, 0.25) is 0 Å². The lowest BCUT2D eigenvalue weighted by Crippen LogP contribution is -2.22. The SMILES string of the molecule is CC(C#N)CNc1cnn(C)c(=O)c1Br. The number of hydrogen-bond acceptors (Lipinski definition) is 4. The number of aryl methyl sites for hydroxylation is 1. The van der Waals surface area contributed by atoms with Gasteiger partial charge in [-0.1, -0.05) is 0 Å². The Morgan fingerprint density at radius 2 is 2.47 bits per heavy atom. The first-order valence-corrected chi connectivity index (χ1v) is 5.21. The number of nitrogens with one attached hydrogen (secondary N) is 1. The lowest BCUT2D eigenvalue weighted by molar-refractivity contribution is 0.701. The summed E-state index contributed by atoms with van der Waals surface area (Å²) >= 11 is 3.18. The van der Waals surface area contributed by atoms with Gasteiger partial charge in [0, 0.05) is 13.6 Å². The molecule has 5 nitrogen and oxygen atoms in total. The maximum Gasteiger partial charge on any atom is 0.282 e. The van der Waals surface area contributed by atoms with Gasteiger partial charge in [0.1, 0.15) is 4.47 Å². The van der Waals surface area contributed by atoms with Crippen molar-refractivity contribution < 1.29 is 0 Å². The van der Waals surface area contributed by atoms with E-state index in [4.69, 9.17) is 5.26 Å². The molecule has 0 aromatic carbocycles. The number of nitrogens with zero attached hydrogens (tertiary/aromatic N) is 3. The first kappa shape index (κ1) is 11.7. The highest BCUT2D eigenvalue weighted by molar-refractivity contribution is 9.10. The van der Waals surface area contributed by atoms with E-state index in [1.54, 1.807) is 20.2 Å². The van der Waals surface area contributed by atoms with Gasteiger partial charge < -0.3 is 5.32 Å². The molecule has 0 amide bonds. The van der Waals surface area contributed by atoms with E-state index in [-0.39, 0.29) is 11.5 Å². The smallest absolute Gasteiger partial charge is 0.282 e. The van der Waals surface area contributed by atoms with Crippen LogP contribution in [0.15, 0.2) is 15.5 Å². The molecule has 1 rings (SSSR count). The molecule has 0 aliphatic rings. The fraction of sp³-hybridized carbons (Fsp3) is 0.444. The predicted molar refractivity (Wildman–Crippen MR) is 60.4 cm³/mol. The molecule has 0 aliphatic heterocycles. The molecule has 0 aliphatic carbocycles. The van der Waals surface area contributed by atoms with Gasteiger partial charge in [0.25, 0.3) is 5.56 Å². The van der Waals surface area contributed by atoms with Crippen LogP contribution in [0.5, 0.6) is 0 Å². The minimum Gasteiger partial charge on any atom is -0.381 e. The fourth-order valence-electron chi connectivity index (χ4n) is 0.943. The molecule has 80 valence electrons. The molecule has 15 heavy (non-hydrogen) atoms. The number of hydrogen-bond donors (Lipinski definition) is 1. The summed E-state index contributed by atoms with van der Waals surface area (Å²) in [6, 6.07) is 2.10. The zero-order chi connectivity index (χ0) is 11.4. The lowest BCUT2D eigenvalue weighted by atomic mass is 10.2. The van der Waals surface area contributed by atoms with Crippen LogP contribution in [-0.2, 0) is 7.05 Å². The Morgan fingerprint density at radius 3 is 3.07 bits per heavy atom. The summed E-state index contributed by atoms with van der Waals surface area (Å²) < 4.78 is 1.67. The zero-order valence-electron chi connectivity index (χ0n) is 8.49. The van der Waals surface area contributed by atoms with E-state index in [0.717, 1.165) is 0 Å². The minimum absolute atomic E-state index is 0.110. The van der Waals surface area contributed by atoms with Gasteiger partial charge in [0.05, 0.1) is 23.9 Å². The van der Waals surface area contributed by atoms with Gasteiger partial charge in [-0.05, 0) is 22.9 Å². The molecule has 0 spiro atoms. The molecule has 1 aromatic rings. The van der Waals surface area contributed by atoms with Crippen LogP contribution in [0, 0.1) is 17.2 Å². The van der Waals surface area contributed by atoms with Crippen LogP contribution >= 0.6 is 15.9 Å². The van der Waals surface area contributed by atoms with E-state index in [9.17, 15) is 4.79 Å². The van der Waals surface area contributed by atoms with E-state index in [1.165, 1.54) is 4.68 Å². The molecular formula is C9H11BrN4O. The second-order valence-electron chi connectivity index (χ2n) is 3.21. The molecule has 0 fully saturated rings. The monoisotopic (exact) mass is 270 g/mol. The van der Waals surface area contributed by atoms with E-state index in [0.29, 0.717) is 16.7 Å². The molecule has 1 aromatic heterocycles. The van der Waals surface area contributed by atoms with Crippen molar-refractivity contribution in [2.24, 2.45) is 13.0 Å². The summed E-state index contributed by atoms with van der Waals surface area (Å²) in [7, 11) is 1.58. The van der Waals surface area contributed by atoms with Crippen molar-refractivity contribution >= 4 is 21.6 Å². The van der Waals surface area contributed by atoms with Crippen molar-refractivity contribution in [3.05, 3.63) is 21.0 Å². The van der Waals surface area contributed by atoms with Gasteiger partial charge >= 0.3 is 0 Å². The first-order chi connectivity index (χ1) is 7.06. The third-order valence-electron chi connectivity index (χ3n) is 1.90. The molecule has 0 saturated carbocycles. The van der Waals surface area contributed by atoms with Gasteiger partial charge in [0.15, 0.2) is 0 Å². The molecule has 0 bridgehead atoms.